The molecule has 0 bridgehead atoms. The number of para-hydroxylation sites is 2. The standard InChI is InChI=1S/C24H21ClN2O5/c25-17-6-2-1-5-16(17)19-9-10-21(31-19)24(29)27-15-22(23(28)26-11-13-30-14-12-26)32-20-8-4-3-7-18(20)27/h1-10,22H,11-15H2/t22-/m1/s1. The number of halogens is 1. The molecule has 164 valence electrons. The zero-order valence-corrected chi connectivity index (χ0v) is 18.0. The summed E-state index contributed by atoms with van der Waals surface area (Å²) in [6, 6.07) is 17.8. The van der Waals surface area contributed by atoms with Gasteiger partial charge >= 0.3 is 0 Å². The molecule has 3 heterocycles. The fourth-order valence-electron chi connectivity index (χ4n) is 3.93. The second kappa shape index (κ2) is 8.68. The molecule has 0 saturated carbocycles. The molecule has 1 fully saturated rings. The highest BCUT2D eigenvalue weighted by atomic mass is 35.5. The number of fused-ring (bicyclic) bond motifs is 1. The molecule has 0 unspecified atom stereocenters. The zero-order valence-electron chi connectivity index (χ0n) is 17.2. The summed E-state index contributed by atoms with van der Waals surface area (Å²) in [6.45, 7) is 2.10. The van der Waals surface area contributed by atoms with Gasteiger partial charge in [0, 0.05) is 18.7 Å². The fraction of sp³-hybridized carbons (Fsp3) is 0.250. The van der Waals surface area contributed by atoms with Gasteiger partial charge in [0.25, 0.3) is 11.8 Å². The maximum Gasteiger partial charge on any atom is 0.294 e. The molecule has 1 aromatic heterocycles. The minimum Gasteiger partial charge on any atom is -0.476 e. The van der Waals surface area contributed by atoms with Crippen molar-refractivity contribution < 1.29 is 23.5 Å². The number of furan rings is 1. The van der Waals surface area contributed by atoms with Gasteiger partial charge in [-0.1, -0.05) is 35.9 Å². The van der Waals surface area contributed by atoms with Crippen molar-refractivity contribution in [2.45, 2.75) is 6.10 Å². The first-order valence-electron chi connectivity index (χ1n) is 10.4. The molecule has 32 heavy (non-hydrogen) atoms. The number of anilines is 1. The van der Waals surface area contributed by atoms with Gasteiger partial charge in [0.1, 0.15) is 11.5 Å². The largest absolute Gasteiger partial charge is 0.476 e. The Bertz CT molecular complexity index is 1150. The molecule has 0 spiro atoms. The molecular formula is C24H21ClN2O5. The zero-order chi connectivity index (χ0) is 22.1. The van der Waals surface area contributed by atoms with E-state index in [9.17, 15) is 9.59 Å². The Morgan fingerprint density at radius 3 is 2.50 bits per heavy atom. The molecule has 0 aliphatic carbocycles. The third kappa shape index (κ3) is 3.85. The van der Waals surface area contributed by atoms with Crippen LogP contribution in [0.2, 0.25) is 5.02 Å². The number of carbonyl (C=O) groups is 2. The Balaban J connectivity index is 1.43. The monoisotopic (exact) mass is 452 g/mol. The number of hydrogen-bond acceptors (Lipinski definition) is 5. The van der Waals surface area contributed by atoms with Gasteiger partial charge in [-0.15, -0.1) is 0 Å². The van der Waals surface area contributed by atoms with E-state index in [0.29, 0.717) is 54.1 Å². The quantitative estimate of drug-likeness (QED) is 0.603. The lowest BCUT2D eigenvalue weighted by Gasteiger charge is -2.37. The van der Waals surface area contributed by atoms with E-state index in [0.717, 1.165) is 0 Å². The molecule has 0 radical (unpaired) electrons. The molecule has 2 aromatic carbocycles. The highest BCUT2D eigenvalue weighted by Gasteiger charge is 2.37. The molecule has 1 atom stereocenters. The van der Waals surface area contributed by atoms with Gasteiger partial charge in [0.15, 0.2) is 11.9 Å². The SMILES string of the molecule is O=C([C@H]1CN(C(=O)c2ccc(-c3ccccc3Cl)o2)c2ccccc2O1)N1CCOCC1. The van der Waals surface area contributed by atoms with Crippen LogP contribution in [0, 0.1) is 0 Å². The topological polar surface area (TPSA) is 72.2 Å². The molecule has 8 heteroatoms. The van der Waals surface area contributed by atoms with Gasteiger partial charge in [-0.25, -0.2) is 0 Å². The highest BCUT2D eigenvalue weighted by molar-refractivity contribution is 6.33. The van der Waals surface area contributed by atoms with Crippen molar-refractivity contribution in [3.05, 3.63) is 71.4 Å². The molecule has 2 aliphatic heterocycles. The lowest BCUT2D eigenvalue weighted by molar-refractivity contribution is -0.142. The average molecular weight is 453 g/mol. The van der Waals surface area contributed by atoms with E-state index in [1.807, 2.05) is 30.3 Å². The van der Waals surface area contributed by atoms with E-state index in [-0.39, 0.29) is 24.1 Å². The first-order chi connectivity index (χ1) is 15.6. The number of amides is 2. The van der Waals surface area contributed by atoms with E-state index in [4.69, 9.17) is 25.5 Å². The smallest absolute Gasteiger partial charge is 0.294 e. The predicted molar refractivity (Wildman–Crippen MR) is 119 cm³/mol. The number of morpholine rings is 1. The third-order valence-corrected chi connectivity index (χ3v) is 5.90. The summed E-state index contributed by atoms with van der Waals surface area (Å²) >= 11 is 6.27. The third-order valence-electron chi connectivity index (χ3n) is 5.57. The van der Waals surface area contributed by atoms with Crippen molar-refractivity contribution in [3.8, 4) is 17.1 Å². The molecule has 5 rings (SSSR count). The minimum absolute atomic E-state index is 0.0914. The van der Waals surface area contributed by atoms with Crippen LogP contribution in [0.25, 0.3) is 11.3 Å². The van der Waals surface area contributed by atoms with Crippen molar-refractivity contribution in [1.82, 2.24) is 4.90 Å². The molecule has 2 amide bonds. The van der Waals surface area contributed by atoms with Crippen LogP contribution in [-0.4, -0.2) is 55.7 Å². The van der Waals surface area contributed by atoms with Crippen LogP contribution in [0.3, 0.4) is 0 Å². The van der Waals surface area contributed by atoms with E-state index >= 15 is 0 Å². The number of hydrogen-bond donors (Lipinski definition) is 0. The Morgan fingerprint density at radius 2 is 1.69 bits per heavy atom. The van der Waals surface area contributed by atoms with Crippen LogP contribution in [0.15, 0.2) is 65.1 Å². The first-order valence-corrected chi connectivity index (χ1v) is 10.8. The fourth-order valence-corrected chi connectivity index (χ4v) is 4.16. The van der Waals surface area contributed by atoms with Gasteiger partial charge < -0.3 is 18.8 Å². The second-order valence-corrected chi connectivity index (χ2v) is 7.98. The predicted octanol–water partition coefficient (Wildman–Crippen LogP) is 3.87. The number of carbonyl (C=O) groups excluding carboxylic acids is 2. The van der Waals surface area contributed by atoms with Crippen LogP contribution in [0.5, 0.6) is 5.75 Å². The van der Waals surface area contributed by atoms with Gasteiger partial charge in [0.05, 0.1) is 30.5 Å². The first kappa shape index (κ1) is 20.6. The average Bonchev–Trinajstić information content (AvgIpc) is 3.33. The van der Waals surface area contributed by atoms with Crippen molar-refractivity contribution in [2.24, 2.45) is 0 Å². The number of ether oxygens (including phenoxy) is 2. The normalized spacial score (nSPS) is 18.1. The molecule has 7 nitrogen and oxygen atoms in total. The van der Waals surface area contributed by atoms with E-state index < -0.39 is 6.10 Å². The van der Waals surface area contributed by atoms with Gasteiger partial charge in [-0.05, 0) is 36.4 Å². The summed E-state index contributed by atoms with van der Waals surface area (Å²) in [4.78, 5) is 29.8. The lowest BCUT2D eigenvalue weighted by Crippen LogP contribution is -2.54. The van der Waals surface area contributed by atoms with Gasteiger partial charge in [-0.3, -0.25) is 14.5 Å². The van der Waals surface area contributed by atoms with Crippen molar-refractivity contribution in [1.29, 1.82) is 0 Å². The highest BCUT2D eigenvalue weighted by Crippen LogP contribution is 2.36. The summed E-state index contributed by atoms with van der Waals surface area (Å²) in [5.41, 5.74) is 1.30. The maximum absolute atomic E-state index is 13.4. The van der Waals surface area contributed by atoms with Crippen LogP contribution in [0.1, 0.15) is 10.6 Å². The molecular weight excluding hydrogens is 432 g/mol. The van der Waals surface area contributed by atoms with Crippen LogP contribution in [-0.2, 0) is 9.53 Å². The second-order valence-electron chi connectivity index (χ2n) is 7.57. The molecule has 0 N–H and O–H groups in total. The molecule has 2 aliphatic rings. The Kier molecular flexibility index (Phi) is 5.59. The minimum atomic E-state index is -0.801. The van der Waals surface area contributed by atoms with Crippen molar-refractivity contribution in [3.63, 3.8) is 0 Å². The maximum atomic E-state index is 13.4. The van der Waals surface area contributed by atoms with E-state index in [2.05, 4.69) is 0 Å². The Morgan fingerprint density at radius 1 is 0.938 bits per heavy atom. The summed E-state index contributed by atoms with van der Waals surface area (Å²) in [7, 11) is 0. The summed E-state index contributed by atoms with van der Waals surface area (Å²) in [5.74, 6) is 0.642. The van der Waals surface area contributed by atoms with Crippen LogP contribution in [0.4, 0.5) is 5.69 Å². The summed E-state index contributed by atoms with van der Waals surface area (Å²) in [6.07, 6.45) is -0.801. The summed E-state index contributed by atoms with van der Waals surface area (Å²) < 4.78 is 17.2. The van der Waals surface area contributed by atoms with Crippen LogP contribution >= 0.6 is 11.6 Å². The number of nitrogens with zero attached hydrogens (tertiary/aromatic N) is 2. The van der Waals surface area contributed by atoms with E-state index in [1.165, 1.54) is 4.90 Å². The number of rotatable bonds is 3. The van der Waals surface area contributed by atoms with Crippen LogP contribution < -0.4 is 9.64 Å². The lowest BCUT2D eigenvalue weighted by atomic mass is 10.1. The number of benzene rings is 2. The summed E-state index contributed by atoms with van der Waals surface area (Å²) in [5, 5.41) is 0.536. The van der Waals surface area contributed by atoms with Gasteiger partial charge in [0.2, 0.25) is 0 Å². The van der Waals surface area contributed by atoms with Crippen molar-refractivity contribution >= 4 is 29.1 Å². The Labute approximate surface area is 190 Å². The van der Waals surface area contributed by atoms with Crippen molar-refractivity contribution in [2.75, 3.05) is 37.7 Å². The van der Waals surface area contributed by atoms with Gasteiger partial charge in [-0.2, -0.15) is 0 Å². The molecule has 1 saturated heterocycles. The van der Waals surface area contributed by atoms with E-state index in [1.54, 1.807) is 35.2 Å². The molecule has 3 aromatic rings. The Hall–Kier alpha value is -3.29.